The molecule has 0 aliphatic heterocycles. The van der Waals surface area contributed by atoms with Crippen molar-refractivity contribution in [3.8, 4) is 102 Å². The predicted octanol–water partition coefficient (Wildman–Crippen LogP) is 29.6. The first-order valence-corrected chi connectivity index (χ1v) is 41.5. The van der Waals surface area contributed by atoms with E-state index in [1.165, 1.54) is 109 Å². The normalized spacial score (nSPS) is 11.8. The molecule has 8 nitrogen and oxygen atoms in total. The van der Waals surface area contributed by atoms with E-state index in [0.717, 1.165) is 111 Å². The van der Waals surface area contributed by atoms with Crippen molar-refractivity contribution >= 4 is 130 Å². The largest absolute Gasteiger partial charge is 0.309 e. The molecule has 0 radical (unpaired) electrons. The summed E-state index contributed by atoms with van der Waals surface area (Å²) in [6.07, 6.45) is 0. The SMILES string of the molecule is c1ccc(-c2ccc(-n3c4ccccc4c4cc(-c5ccc6c(c5)c5ccccc5n6-c5nc(-c6ccc7ccccc7c6)cc(-c6ccc7ccccc7c6)n5)ccc43)cc2)cc1.c1ccc(-n2c3ccccc3c3cc(-c4ccc5c(c4)c4ccccc4n5-c4nc(-c5ccc6ccccc6c5)cc(-c5ccc6ccccc6c5)n4)ccc32)cc1. The molecule has 0 saturated carbocycles. The molecule has 0 atom stereocenters. The lowest BCUT2D eigenvalue weighted by Gasteiger charge is -2.13. The Labute approximate surface area is 702 Å². The highest BCUT2D eigenvalue weighted by Gasteiger charge is 2.24. The molecular formula is C114H72N8. The van der Waals surface area contributed by atoms with Gasteiger partial charge in [-0.05, 0) is 210 Å². The average molecular weight is 1550 g/mol. The summed E-state index contributed by atoms with van der Waals surface area (Å²) in [7, 11) is 0. The van der Waals surface area contributed by atoms with Gasteiger partial charge >= 0.3 is 0 Å². The van der Waals surface area contributed by atoms with Crippen LogP contribution in [0.5, 0.6) is 0 Å². The van der Waals surface area contributed by atoms with Crippen LogP contribution in [0.1, 0.15) is 0 Å². The second kappa shape index (κ2) is 28.7. The van der Waals surface area contributed by atoms with Crippen LogP contribution in [0.3, 0.4) is 0 Å². The maximum absolute atomic E-state index is 5.38. The van der Waals surface area contributed by atoms with Gasteiger partial charge in [-0.15, -0.1) is 0 Å². The van der Waals surface area contributed by atoms with Crippen LogP contribution in [0.15, 0.2) is 437 Å². The van der Waals surface area contributed by atoms with Crippen molar-refractivity contribution in [2.75, 3.05) is 0 Å². The zero-order chi connectivity index (χ0) is 80.3. The first-order valence-electron chi connectivity index (χ1n) is 41.5. The monoisotopic (exact) mass is 1550 g/mol. The number of fused-ring (bicyclic) bond motifs is 16. The van der Waals surface area contributed by atoms with E-state index in [4.69, 9.17) is 19.9 Å². The Balaban J connectivity index is 0.000000139. The lowest BCUT2D eigenvalue weighted by atomic mass is 10.0. The van der Waals surface area contributed by atoms with Gasteiger partial charge in [0.15, 0.2) is 0 Å². The molecule has 0 spiro atoms. The van der Waals surface area contributed by atoms with Gasteiger partial charge in [-0.2, -0.15) is 0 Å². The number of aromatic nitrogens is 8. The molecule has 0 bridgehead atoms. The van der Waals surface area contributed by atoms with Crippen LogP contribution in [0.25, 0.3) is 232 Å². The minimum atomic E-state index is 0.638. The first kappa shape index (κ1) is 69.8. The van der Waals surface area contributed by atoms with Crippen LogP contribution >= 0.6 is 0 Å². The summed E-state index contributed by atoms with van der Waals surface area (Å²) in [5.74, 6) is 1.28. The molecule has 25 aromatic rings. The number of para-hydroxylation sites is 5. The third-order valence-electron chi connectivity index (χ3n) is 24.6. The molecule has 0 aliphatic rings. The lowest BCUT2D eigenvalue weighted by molar-refractivity contribution is 0.995. The fourth-order valence-electron chi connectivity index (χ4n) is 18.7. The van der Waals surface area contributed by atoms with Crippen molar-refractivity contribution < 1.29 is 0 Å². The van der Waals surface area contributed by atoms with Crippen molar-refractivity contribution in [1.82, 2.24) is 38.2 Å². The number of rotatable bonds is 11. The van der Waals surface area contributed by atoms with Crippen LogP contribution < -0.4 is 0 Å². The minimum Gasteiger partial charge on any atom is -0.309 e. The fourth-order valence-corrected chi connectivity index (χ4v) is 18.7. The Kier molecular flexibility index (Phi) is 16.5. The Morgan fingerprint density at radius 3 is 0.689 bits per heavy atom. The van der Waals surface area contributed by atoms with Crippen LogP contribution in [0, 0.1) is 0 Å². The third kappa shape index (κ3) is 12.0. The quantitative estimate of drug-likeness (QED) is 0.129. The van der Waals surface area contributed by atoms with Crippen molar-refractivity contribution in [2.45, 2.75) is 0 Å². The predicted molar refractivity (Wildman–Crippen MR) is 509 cm³/mol. The zero-order valence-corrected chi connectivity index (χ0v) is 66.1. The molecule has 8 heteroatoms. The Morgan fingerprint density at radius 1 is 0.131 bits per heavy atom. The van der Waals surface area contributed by atoms with E-state index >= 15 is 0 Å². The smallest absolute Gasteiger partial charge is 0.235 e. The molecule has 0 aliphatic carbocycles. The van der Waals surface area contributed by atoms with Crippen LogP contribution in [-0.2, 0) is 0 Å². The molecule has 0 amide bonds. The van der Waals surface area contributed by atoms with E-state index in [9.17, 15) is 0 Å². The summed E-state index contributed by atoms with van der Waals surface area (Å²) in [5, 5.41) is 19.1. The standard InChI is InChI=1S/C60H38N4.C54H34N4/c1-2-12-39(13-3-1)42-26-30-49(31-27-42)63-56-20-10-8-18-50(56)52-36-45(28-32-58(52)63)46-29-33-59-53(37-46)51-19-9-11-21-57(51)64(59)60-61-54(47-24-22-40-14-4-6-16-43(40)34-47)38-55(62-60)48-25-23-41-15-5-7-17-44(41)35-48;1-2-16-43(17-3-1)57-50-20-10-8-18-44(50)46-32-39(26-28-52(46)57)40-27-29-53-47(33-40)45-19-9-11-21-51(45)58(53)54-55-48(41-24-22-35-12-4-6-14-37(35)30-41)34-49(56-54)42-25-23-36-13-5-7-15-38(36)31-42/h1-38H;1-34H. The summed E-state index contributed by atoms with van der Waals surface area (Å²) in [6.45, 7) is 0. The molecule has 0 N–H and O–H groups in total. The number of nitrogens with zero attached hydrogens (tertiary/aromatic N) is 8. The van der Waals surface area contributed by atoms with Gasteiger partial charge in [0.25, 0.3) is 0 Å². The van der Waals surface area contributed by atoms with E-state index in [-0.39, 0.29) is 0 Å². The molecule has 0 unspecified atom stereocenters. The highest BCUT2D eigenvalue weighted by atomic mass is 15.2. The summed E-state index contributed by atoms with van der Waals surface area (Å²) in [6, 6.07) is 157. The Hall–Kier alpha value is -16.4. The molecule has 6 heterocycles. The molecule has 25 rings (SSSR count). The van der Waals surface area contributed by atoms with Crippen LogP contribution in [0.2, 0.25) is 0 Å². The maximum Gasteiger partial charge on any atom is 0.235 e. The van der Waals surface area contributed by atoms with Gasteiger partial charge in [-0.1, -0.05) is 303 Å². The molecule has 122 heavy (non-hydrogen) atoms. The maximum atomic E-state index is 5.38. The van der Waals surface area contributed by atoms with Gasteiger partial charge < -0.3 is 9.13 Å². The Morgan fingerprint density at radius 2 is 0.361 bits per heavy atom. The minimum absolute atomic E-state index is 0.638. The zero-order valence-electron chi connectivity index (χ0n) is 66.1. The van der Waals surface area contributed by atoms with E-state index in [1.807, 2.05) is 0 Å². The van der Waals surface area contributed by atoms with Crippen molar-refractivity contribution in [2.24, 2.45) is 0 Å². The van der Waals surface area contributed by atoms with Crippen molar-refractivity contribution in [1.29, 1.82) is 0 Å². The van der Waals surface area contributed by atoms with Gasteiger partial charge in [0.1, 0.15) is 0 Å². The molecule has 6 aromatic heterocycles. The average Bonchev–Trinajstić information content (AvgIpc) is 1.59. The molecule has 0 fully saturated rings. The summed E-state index contributed by atoms with van der Waals surface area (Å²) in [5.41, 5.74) is 26.1. The molecule has 0 saturated heterocycles. The van der Waals surface area contributed by atoms with Gasteiger partial charge in [0, 0.05) is 76.7 Å². The second-order valence-corrected chi connectivity index (χ2v) is 31.7. The fraction of sp³-hybridized carbons (Fsp3) is 0. The van der Waals surface area contributed by atoms with E-state index in [2.05, 4.69) is 455 Å². The molecule has 19 aromatic carbocycles. The number of hydrogen-bond donors (Lipinski definition) is 0. The first-order chi connectivity index (χ1) is 60.4. The van der Waals surface area contributed by atoms with Crippen molar-refractivity contribution in [3.05, 3.63) is 437 Å². The highest BCUT2D eigenvalue weighted by molar-refractivity contribution is 6.15. The van der Waals surface area contributed by atoms with E-state index in [1.54, 1.807) is 0 Å². The van der Waals surface area contributed by atoms with Gasteiger partial charge in [-0.25, -0.2) is 19.9 Å². The van der Waals surface area contributed by atoms with Crippen LogP contribution in [0.4, 0.5) is 0 Å². The van der Waals surface area contributed by atoms with E-state index < -0.39 is 0 Å². The van der Waals surface area contributed by atoms with Crippen molar-refractivity contribution in [3.63, 3.8) is 0 Å². The van der Waals surface area contributed by atoms with Crippen LogP contribution in [-0.4, -0.2) is 38.2 Å². The topological polar surface area (TPSA) is 71.3 Å². The Bertz CT molecular complexity index is 8330. The summed E-state index contributed by atoms with van der Waals surface area (Å²) < 4.78 is 9.23. The van der Waals surface area contributed by atoms with Gasteiger partial charge in [0.05, 0.1) is 66.9 Å². The number of benzene rings is 19. The van der Waals surface area contributed by atoms with Gasteiger partial charge in [-0.3, -0.25) is 9.13 Å². The number of hydrogen-bond acceptors (Lipinski definition) is 4. The third-order valence-corrected chi connectivity index (χ3v) is 24.6. The molecule has 568 valence electrons. The highest BCUT2D eigenvalue weighted by Crippen LogP contribution is 2.44. The molecular weight excluding hydrogens is 1480 g/mol. The lowest BCUT2D eigenvalue weighted by Crippen LogP contribution is -2.04. The second-order valence-electron chi connectivity index (χ2n) is 31.7. The summed E-state index contributed by atoms with van der Waals surface area (Å²) >= 11 is 0. The van der Waals surface area contributed by atoms with E-state index in [0.29, 0.717) is 11.9 Å². The summed E-state index contributed by atoms with van der Waals surface area (Å²) in [4.78, 5) is 21.5. The van der Waals surface area contributed by atoms with Gasteiger partial charge in [0.2, 0.25) is 11.9 Å².